The number of aromatic nitrogens is 1. The first-order valence-corrected chi connectivity index (χ1v) is 6.26. The lowest BCUT2D eigenvalue weighted by Crippen LogP contribution is -2.42. The van der Waals surface area contributed by atoms with E-state index in [1.165, 1.54) is 19.3 Å². The molecule has 1 aliphatic rings. The molecule has 0 atom stereocenters. The Bertz CT molecular complexity index is 320. The van der Waals surface area contributed by atoms with Gasteiger partial charge in [-0.25, -0.2) is 0 Å². The zero-order valence-electron chi connectivity index (χ0n) is 11.0. The van der Waals surface area contributed by atoms with Crippen molar-refractivity contribution in [2.75, 3.05) is 5.43 Å². The van der Waals surface area contributed by atoms with Crippen molar-refractivity contribution in [2.24, 2.45) is 10.8 Å². The van der Waals surface area contributed by atoms with Crippen molar-refractivity contribution >= 4 is 0 Å². The van der Waals surface area contributed by atoms with Crippen LogP contribution in [0.4, 0.5) is 0 Å². The summed E-state index contributed by atoms with van der Waals surface area (Å²) < 4.78 is 2.09. The fourth-order valence-electron chi connectivity index (χ4n) is 3.57. The van der Waals surface area contributed by atoms with E-state index < -0.39 is 0 Å². The van der Waals surface area contributed by atoms with Crippen molar-refractivity contribution in [1.82, 2.24) is 4.68 Å². The van der Waals surface area contributed by atoms with Gasteiger partial charge in [-0.05, 0) is 42.2 Å². The predicted octanol–water partition coefficient (Wildman–Crippen LogP) is 3.64. The summed E-state index contributed by atoms with van der Waals surface area (Å²) in [6.07, 6.45) is 8.00. The molecule has 2 heteroatoms. The molecule has 1 aromatic rings. The van der Waals surface area contributed by atoms with E-state index in [4.69, 9.17) is 0 Å². The Morgan fingerprint density at radius 1 is 1.00 bits per heavy atom. The van der Waals surface area contributed by atoms with Gasteiger partial charge in [0.25, 0.3) is 0 Å². The number of nitrogens with zero attached hydrogens (tertiary/aromatic N) is 1. The molecule has 1 heterocycles. The van der Waals surface area contributed by atoms with Crippen LogP contribution in [-0.4, -0.2) is 10.7 Å². The van der Waals surface area contributed by atoms with Crippen molar-refractivity contribution in [1.29, 1.82) is 0 Å². The van der Waals surface area contributed by atoms with Crippen LogP contribution < -0.4 is 5.43 Å². The lowest BCUT2D eigenvalue weighted by Gasteiger charge is -2.45. The molecule has 0 bridgehead atoms. The molecule has 0 unspecified atom stereocenters. The van der Waals surface area contributed by atoms with Gasteiger partial charge in [0.15, 0.2) is 0 Å². The molecule has 1 aromatic heterocycles. The third kappa shape index (κ3) is 2.81. The molecule has 1 fully saturated rings. The summed E-state index contributed by atoms with van der Waals surface area (Å²) in [6, 6.07) is 4.71. The minimum atomic E-state index is 0.451. The highest BCUT2D eigenvalue weighted by atomic mass is 15.4. The van der Waals surface area contributed by atoms with E-state index >= 15 is 0 Å². The first kappa shape index (κ1) is 11.6. The minimum absolute atomic E-state index is 0.451. The summed E-state index contributed by atoms with van der Waals surface area (Å²) in [5.74, 6) is 0. The Morgan fingerprint density at radius 2 is 1.50 bits per heavy atom. The maximum atomic E-state index is 3.59. The largest absolute Gasteiger partial charge is 0.323 e. The van der Waals surface area contributed by atoms with Crippen LogP contribution in [0.1, 0.15) is 47.0 Å². The van der Waals surface area contributed by atoms with Gasteiger partial charge in [-0.1, -0.05) is 27.7 Å². The zero-order valence-corrected chi connectivity index (χ0v) is 11.0. The number of rotatable bonds is 2. The average molecular weight is 220 g/mol. The van der Waals surface area contributed by atoms with Gasteiger partial charge in [0.2, 0.25) is 0 Å². The van der Waals surface area contributed by atoms with Gasteiger partial charge in [0.1, 0.15) is 0 Å². The molecule has 1 N–H and O–H groups in total. The molecule has 0 amide bonds. The fraction of sp³-hybridized carbons (Fsp3) is 0.714. The van der Waals surface area contributed by atoms with Gasteiger partial charge in [0, 0.05) is 18.4 Å². The molecular formula is C14H24N2. The summed E-state index contributed by atoms with van der Waals surface area (Å²) in [5, 5.41) is 0. The second-order valence-electron chi connectivity index (χ2n) is 6.83. The summed E-state index contributed by atoms with van der Waals surface area (Å²) in [6.45, 7) is 9.55. The number of hydrogen-bond donors (Lipinski definition) is 1. The molecule has 1 aliphatic carbocycles. The molecule has 1 saturated carbocycles. The Morgan fingerprint density at radius 3 is 2.00 bits per heavy atom. The Hall–Kier alpha value is -0.920. The van der Waals surface area contributed by atoms with Gasteiger partial charge in [-0.2, -0.15) is 0 Å². The van der Waals surface area contributed by atoms with Crippen LogP contribution in [0.5, 0.6) is 0 Å². The molecule has 0 radical (unpaired) electrons. The Kier molecular flexibility index (Phi) is 2.77. The van der Waals surface area contributed by atoms with Gasteiger partial charge in [-0.3, -0.25) is 4.68 Å². The van der Waals surface area contributed by atoms with Crippen LogP contribution in [0.15, 0.2) is 24.5 Å². The van der Waals surface area contributed by atoms with Gasteiger partial charge in [0.05, 0.1) is 0 Å². The predicted molar refractivity (Wildman–Crippen MR) is 69.0 cm³/mol. The topological polar surface area (TPSA) is 17.0 Å². The molecule has 0 aromatic carbocycles. The van der Waals surface area contributed by atoms with Crippen LogP contribution in [0.3, 0.4) is 0 Å². The second kappa shape index (κ2) is 3.83. The summed E-state index contributed by atoms with van der Waals surface area (Å²) in [7, 11) is 0. The standard InChI is InChI=1S/C14H24N2/c1-13(2)9-12(10-14(3,4)11-13)15-16-7-5-6-8-16/h5-8,12,15H,9-11H2,1-4H3. The maximum absolute atomic E-state index is 3.59. The van der Waals surface area contributed by atoms with Crippen molar-refractivity contribution in [2.45, 2.75) is 53.0 Å². The summed E-state index contributed by atoms with van der Waals surface area (Å²) >= 11 is 0. The summed E-state index contributed by atoms with van der Waals surface area (Å²) in [5.41, 5.74) is 4.49. The normalized spacial score (nSPS) is 24.2. The van der Waals surface area contributed by atoms with Crippen molar-refractivity contribution in [3.8, 4) is 0 Å². The highest BCUT2D eigenvalue weighted by molar-refractivity contribution is 5.00. The smallest absolute Gasteiger partial charge is 0.0434 e. The van der Waals surface area contributed by atoms with Gasteiger partial charge >= 0.3 is 0 Å². The van der Waals surface area contributed by atoms with Gasteiger partial charge < -0.3 is 5.43 Å². The molecule has 2 nitrogen and oxygen atoms in total. The fourth-order valence-corrected chi connectivity index (χ4v) is 3.57. The van der Waals surface area contributed by atoms with Gasteiger partial charge in [-0.15, -0.1) is 0 Å². The highest BCUT2D eigenvalue weighted by Crippen LogP contribution is 2.45. The second-order valence-corrected chi connectivity index (χ2v) is 6.83. The van der Waals surface area contributed by atoms with E-state index in [2.05, 4.69) is 62.3 Å². The molecule has 16 heavy (non-hydrogen) atoms. The number of nitrogens with one attached hydrogen (secondary N) is 1. The Labute approximate surface area is 99.0 Å². The molecule has 2 rings (SSSR count). The molecule has 90 valence electrons. The Balaban J connectivity index is 2.05. The van der Waals surface area contributed by atoms with Crippen molar-refractivity contribution < 1.29 is 0 Å². The van der Waals surface area contributed by atoms with E-state index in [1.54, 1.807) is 0 Å². The number of hydrogen-bond acceptors (Lipinski definition) is 1. The third-order valence-electron chi connectivity index (χ3n) is 3.49. The van der Waals surface area contributed by atoms with Crippen LogP contribution in [-0.2, 0) is 0 Å². The van der Waals surface area contributed by atoms with E-state index in [0.717, 1.165) is 0 Å². The van der Waals surface area contributed by atoms with E-state index in [9.17, 15) is 0 Å². The van der Waals surface area contributed by atoms with E-state index in [1.807, 2.05) is 0 Å². The lowest BCUT2D eigenvalue weighted by molar-refractivity contribution is 0.101. The maximum Gasteiger partial charge on any atom is 0.0434 e. The SMILES string of the molecule is CC1(C)CC(Nn2cccc2)CC(C)(C)C1. The van der Waals surface area contributed by atoms with Crippen LogP contribution in [0, 0.1) is 10.8 Å². The van der Waals surface area contributed by atoms with Crippen molar-refractivity contribution in [3.63, 3.8) is 0 Å². The highest BCUT2D eigenvalue weighted by Gasteiger charge is 2.38. The van der Waals surface area contributed by atoms with Crippen LogP contribution >= 0.6 is 0 Å². The average Bonchev–Trinajstić information content (AvgIpc) is 2.49. The first-order valence-electron chi connectivity index (χ1n) is 6.26. The molecule has 0 spiro atoms. The van der Waals surface area contributed by atoms with Crippen LogP contribution in [0.25, 0.3) is 0 Å². The third-order valence-corrected chi connectivity index (χ3v) is 3.49. The van der Waals surface area contributed by atoms with Crippen LogP contribution in [0.2, 0.25) is 0 Å². The van der Waals surface area contributed by atoms with E-state index in [-0.39, 0.29) is 0 Å². The van der Waals surface area contributed by atoms with E-state index in [0.29, 0.717) is 16.9 Å². The van der Waals surface area contributed by atoms with Crippen molar-refractivity contribution in [3.05, 3.63) is 24.5 Å². The first-order chi connectivity index (χ1) is 7.36. The molecule has 0 saturated heterocycles. The quantitative estimate of drug-likeness (QED) is 0.805. The zero-order chi connectivity index (χ0) is 11.8. The molecular weight excluding hydrogens is 196 g/mol. The minimum Gasteiger partial charge on any atom is -0.323 e. The molecule has 0 aliphatic heterocycles. The lowest BCUT2D eigenvalue weighted by atomic mass is 9.64. The summed E-state index contributed by atoms with van der Waals surface area (Å²) in [4.78, 5) is 0. The monoisotopic (exact) mass is 220 g/mol.